The second-order valence-corrected chi connectivity index (χ2v) is 25.4. The van der Waals surface area contributed by atoms with Gasteiger partial charge in [0.05, 0.1) is 25.4 Å². The monoisotopic (exact) mass is 1170 g/mol. The minimum atomic E-state index is -1.58. The van der Waals surface area contributed by atoms with Crippen LogP contribution < -0.4 is 5.32 Å². The zero-order chi connectivity index (χ0) is 60.0. The lowest BCUT2D eigenvalue weighted by Crippen LogP contribution is -2.60. The van der Waals surface area contributed by atoms with Gasteiger partial charge in [0.2, 0.25) is 5.91 Å². The van der Waals surface area contributed by atoms with E-state index in [1.807, 2.05) is 6.08 Å². The normalized spacial score (nSPS) is 18.5. The number of rotatable bonds is 64. The van der Waals surface area contributed by atoms with Crippen LogP contribution in [0, 0.1) is 0 Å². The number of nitrogens with one attached hydrogen (secondary N) is 1. The van der Waals surface area contributed by atoms with Gasteiger partial charge in [-0.15, -0.1) is 0 Å². The Balaban J connectivity index is 2.13. The van der Waals surface area contributed by atoms with E-state index >= 15 is 0 Å². The summed E-state index contributed by atoms with van der Waals surface area (Å²) in [5.74, 6) is -0.184. The van der Waals surface area contributed by atoms with Gasteiger partial charge in [0.25, 0.3) is 0 Å². The fourth-order valence-corrected chi connectivity index (χ4v) is 11.7. The Morgan fingerprint density at radius 2 is 0.687 bits per heavy atom. The summed E-state index contributed by atoms with van der Waals surface area (Å²) in [6.45, 7) is 3.81. The maximum Gasteiger partial charge on any atom is 0.220 e. The summed E-state index contributed by atoms with van der Waals surface area (Å²) >= 11 is 0. The van der Waals surface area contributed by atoms with E-state index in [1.165, 1.54) is 295 Å². The number of hydrogen-bond donors (Lipinski definition) is 6. The maximum absolute atomic E-state index is 13.1. The molecule has 1 aliphatic rings. The van der Waals surface area contributed by atoms with E-state index in [2.05, 4.69) is 55.6 Å². The summed E-state index contributed by atoms with van der Waals surface area (Å²) in [4.78, 5) is 13.1. The number of aliphatic hydroxyl groups excluding tert-OH is 5. The van der Waals surface area contributed by atoms with Crippen LogP contribution in [0.2, 0.25) is 0 Å². The van der Waals surface area contributed by atoms with Crippen molar-refractivity contribution in [1.82, 2.24) is 5.32 Å². The van der Waals surface area contributed by atoms with Crippen molar-refractivity contribution in [2.75, 3.05) is 13.2 Å². The molecule has 83 heavy (non-hydrogen) atoms. The Morgan fingerprint density at radius 3 is 1.01 bits per heavy atom. The number of ether oxygens (including phenoxy) is 2. The van der Waals surface area contributed by atoms with E-state index in [-0.39, 0.29) is 12.5 Å². The third-order valence-corrected chi connectivity index (χ3v) is 17.4. The van der Waals surface area contributed by atoms with Gasteiger partial charge >= 0.3 is 0 Å². The van der Waals surface area contributed by atoms with Crippen molar-refractivity contribution in [1.29, 1.82) is 0 Å². The van der Waals surface area contributed by atoms with E-state index in [0.717, 1.165) is 44.9 Å². The molecule has 0 aromatic rings. The van der Waals surface area contributed by atoms with Crippen molar-refractivity contribution in [2.45, 2.75) is 403 Å². The Hall–Kier alpha value is -1.85. The van der Waals surface area contributed by atoms with E-state index in [1.54, 1.807) is 6.08 Å². The molecule has 0 spiro atoms. The lowest BCUT2D eigenvalue weighted by molar-refractivity contribution is -0.302. The minimum absolute atomic E-state index is 0.184. The molecule has 9 heteroatoms. The first-order valence-electron chi connectivity index (χ1n) is 36.4. The summed E-state index contributed by atoms with van der Waals surface area (Å²) in [6, 6.07) is -0.829. The predicted octanol–water partition coefficient (Wildman–Crippen LogP) is 20.0. The molecule has 0 radical (unpaired) electrons. The lowest BCUT2D eigenvalue weighted by Gasteiger charge is -2.40. The lowest BCUT2D eigenvalue weighted by atomic mass is 9.99. The van der Waals surface area contributed by atoms with Gasteiger partial charge in [0, 0.05) is 6.42 Å². The first-order chi connectivity index (χ1) is 40.8. The summed E-state index contributed by atoms with van der Waals surface area (Å²) in [5.41, 5.74) is 0. The standard InChI is InChI=1S/C74H139NO8/c1-3-5-7-9-11-13-15-17-19-21-23-25-27-29-31-32-33-34-35-36-38-40-42-44-46-48-50-52-54-56-58-60-62-64-70(78)75-67(66-82-74-73(81)72(80)71(79)69(65-76)83-74)68(77)63-61-59-57-55-53-51-49-47-45-43-41-39-37-30-28-26-24-22-20-18-16-14-12-10-8-6-4-2/h21,23,45,47,53,55,61,63,67-69,71-74,76-77,79-81H,3-20,22,24-44,46,48-52,54,56-60,62,64-66H2,1-2H3,(H,75,78)/b23-21-,47-45+,55-53+,63-61+. The van der Waals surface area contributed by atoms with Gasteiger partial charge in [0.1, 0.15) is 24.4 Å². The van der Waals surface area contributed by atoms with Gasteiger partial charge in [-0.3, -0.25) is 4.79 Å². The van der Waals surface area contributed by atoms with Crippen molar-refractivity contribution in [3.05, 3.63) is 48.6 Å². The third-order valence-electron chi connectivity index (χ3n) is 17.4. The third kappa shape index (κ3) is 51.9. The SMILES string of the molecule is CCCCCCCCCC/C=C\CCCCCCCCCCCCCCCCCCCCCCCC(=O)NC(COC1OC(CO)C(O)C(O)C1O)C(O)/C=C/CC/C=C/CC/C=C/CCCCCCCCCCCCCCCCCCC. The van der Waals surface area contributed by atoms with Crippen LogP contribution in [-0.4, -0.2) is 87.5 Å². The van der Waals surface area contributed by atoms with E-state index in [0.29, 0.717) is 6.42 Å². The Labute approximate surface area is 514 Å². The average Bonchev–Trinajstić information content (AvgIpc) is 3.61. The fraction of sp³-hybridized carbons (Fsp3) is 0.878. The molecule has 6 N–H and O–H groups in total. The van der Waals surface area contributed by atoms with Crippen molar-refractivity contribution >= 4 is 5.91 Å². The van der Waals surface area contributed by atoms with Crippen LogP contribution in [0.15, 0.2) is 48.6 Å². The second kappa shape index (κ2) is 63.2. The molecule has 0 aromatic carbocycles. The van der Waals surface area contributed by atoms with Crippen LogP contribution >= 0.6 is 0 Å². The first kappa shape index (κ1) is 79.2. The summed E-state index contributed by atoms with van der Waals surface area (Å²) < 4.78 is 11.3. The molecule has 1 saturated heterocycles. The highest BCUT2D eigenvalue weighted by molar-refractivity contribution is 5.76. The molecule has 1 aliphatic heterocycles. The second-order valence-electron chi connectivity index (χ2n) is 25.4. The van der Waals surface area contributed by atoms with Gasteiger partial charge < -0.3 is 40.3 Å². The molecule has 1 rings (SSSR count). The average molecular weight is 1170 g/mol. The number of allylic oxidation sites excluding steroid dienone is 7. The zero-order valence-electron chi connectivity index (χ0n) is 54.7. The molecular weight excluding hydrogens is 1030 g/mol. The van der Waals surface area contributed by atoms with Crippen LogP contribution in [-0.2, 0) is 14.3 Å². The predicted molar refractivity (Wildman–Crippen MR) is 355 cm³/mol. The number of aliphatic hydroxyl groups is 5. The molecule has 0 aromatic heterocycles. The van der Waals surface area contributed by atoms with Gasteiger partial charge in [-0.1, -0.05) is 332 Å². The van der Waals surface area contributed by atoms with Gasteiger partial charge in [-0.25, -0.2) is 0 Å². The largest absolute Gasteiger partial charge is 0.394 e. The fourth-order valence-electron chi connectivity index (χ4n) is 11.7. The quantitative estimate of drug-likeness (QED) is 0.0261. The van der Waals surface area contributed by atoms with Crippen LogP contribution in [0.5, 0.6) is 0 Å². The molecule has 0 bridgehead atoms. The van der Waals surface area contributed by atoms with Gasteiger partial charge in [-0.05, 0) is 70.6 Å². The molecule has 0 saturated carbocycles. The van der Waals surface area contributed by atoms with E-state index in [4.69, 9.17) is 9.47 Å². The minimum Gasteiger partial charge on any atom is -0.394 e. The Bertz CT molecular complexity index is 1450. The highest BCUT2D eigenvalue weighted by Crippen LogP contribution is 2.23. The van der Waals surface area contributed by atoms with Crippen molar-refractivity contribution in [3.63, 3.8) is 0 Å². The number of hydrogen-bond acceptors (Lipinski definition) is 8. The number of unbranched alkanes of at least 4 members (excludes halogenated alkanes) is 48. The topological polar surface area (TPSA) is 149 Å². The van der Waals surface area contributed by atoms with Crippen LogP contribution in [0.4, 0.5) is 0 Å². The first-order valence-corrected chi connectivity index (χ1v) is 36.4. The molecule has 7 unspecified atom stereocenters. The van der Waals surface area contributed by atoms with Crippen LogP contribution in [0.1, 0.15) is 361 Å². The molecule has 488 valence electrons. The van der Waals surface area contributed by atoms with Crippen molar-refractivity contribution in [3.8, 4) is 0 Å². The van der Waals surface area contributed by atoms with Crippen molar-refractivity contribution in [2.24, 2.45) is 0 Å². The Morgan fingerprint density at radius 1 is 0.398 bits per heavy atom. The Kier molecular flexibility index (Phi) is 60.3. The highest BCUT2D eigenvalue weighted by Gasteiger charge is 2.44. The van der Waals surface area contributed by atoms with Gasteiger partial charge in [0.15, 0.2) is 6.29 Å². The van der Waals surface area contributed by atoms with E-state index < -0.39 is 49.5 Å². The maximum atomic E-state index is 13.1. The molecule has 1 fully saturated rings. The molecule has 7 atom stereocenters. The summed E-state index contributed by atoms with van der Waals surface area (Å²) in [6.07, 6.45) is 79.5. The molecule has 9 nitrogen and oxygen atoms in total. The summed E-state index contributed by atoms with van der Waals surface area (Å²) in [7, 11) is 0. The number of carbonyl (C=O) groups is 1. The summed E-state index contributed by atoms with van der Waals surface area (Å²) in [5, 5.41) is 54.8. The van der Waals surface area contributed by atoms with E-state index in [9.17, 15) is 30.3 Å². The molecule has 1 amide bonds. The smallest absolute Gasteiger partial charge is 0.220 e. The zero-order valence-corrected chi connectivity index (χ0v) is 54.7. The van der Waals surface area contributed by atoms with Crippen LogP contribution in [0.3, 0.4) is 0 Å². The number of carbonyl (C=O) groups excluding carboxylic acids is 1. The molecule has 1 heterocycles. The van der Waals surface area contributed by atoms with Crippen LogP contribution in [0.25, 0.3) is 0 Å². The highest BCUT2D eigenvalue weighted by atomic mass is 16.7. The van der Waals surface area contributed by atoms with Gasteiger partial charge in [-0.2, -0.15) is 0 Å². The number of amides is 1. The molecule has 0 aliphatic carbocycles. The van der Waals surface area contributed by atoms with Crippen molar-refractivity contribution < 1.29 is 39.8 Å². The molecular formula is C74H139NO8.